The molecule has 4 nitrogen and oxygen atoms in total. The minimum atomic E-state index is -0.223. The fourth-order valence-electron chi connectivity index (χ4n) is 2.83. The normalized spacial score (nSPS) is 19.5. The number of hydrogen-bond donors (Lipinski definition) is 1. The van der Waals surface area contributed by atoms with Crippen molar-refractivity contribution >= 4 is 6.09 Å². The lowest BCUT2D eigenvalue weighted by atomic mass is 9.88. The fourth-order valence-corrected chi connectivity index (χ4v) is 2.83. The molecule has 0 aromatic rings. The summed E-state index contributed by atoms with van der Waals surface area (Å²) in [7, 11) is 1.45. The Labute approximate surface area is 104 Å². The number of amides is 1. The van der Waals surface area contributed by atoms with Crippen molar-refractivity contribution in [3.05, 3.63) is 0 Å². The molecule has 2 N–H and O–H groups in total. The molecule has 0 aliphatic heterocycles. The zero-order chi connectivity index (χ0) is 12.7. The number of ether oxygens (including phenoxy) is 1. The van der Waals surface area contributed by atoms with Crippen LogP contribution < -0.4 is 5.73 Å². The first kappa shape index (κ1) is 14.3. The van der Waals surface area contributed by atoms with Crippen molar-refractivity contribution < 1.29 is 9.53 Å². The van der Waals surface area contributed by atoms with Crippen molar-refractivity contribution in [1.82, 2.24) is 4.90 Å². The van der Waals surface area contributed by atoms with E-state index in [4.69, 9.17) is 10.5 Å². The zero-order valence-corrected chi connectivity index (χ0v) is 11.2. The lowest BCUT2D eigenvalue weighted by Gasteiger charge is -2.42. The maximum absolute atomic E-state index is 11.9. The summed E-state index contributed by atoms with van der Waals surface area (Å²) in [4.78, 5) is 13.8. The fraction of sp³-hybridized carbons (Fsp3) is 0.923. The number of hydrogen-bond acceptors (Lipinski definition) is 3. The molecule has 0 bridgehead atoms. The molecular weight excluding hydrogens is 216 g/mol. The van der Waals surface area contributed by atoms with Gasteiger partial charge in [-0.15, -0.1) is 0 Å². The Kier molecular flexibility index (Phi) is 5.75. The minimum absolute atomic E-state index is 0.167. The topological polar surface area (TPSA) is 55.6 Å². The molecule has 1 saturated carbocycles. The molecule has 17 heavy (non-hydrogen) atoms. The molecule has 0 atom stereocenters. The van der Waals surface area contributed by atoms with Gasteiger partial charge in [0.2, 0.25) is 0 Å². The van der Waals surface area contributed by atoms with Gasteiger partial charge in [-0.1, -0.05) is 32.6 Å². The summed E-state index contributed by atoms with van der Waals surface area (Å²) in [5.74, 6) is 0. The zero-order valence-electron chi connectivity index (χ0n) is 11.2. The average molecular weight is 242 g/mol. The van der Waals surface area contributed by atoms with E-state index in [1.165, 1.54) is 20.0 Å². The molecule has 1 amide bonds. The van der Waals surface area contributed by atoms with Crippen LogP contribution >= 0.6 is 0 Å². The Hall–Kier alpha value is -0.770. The molecule has 1 aliphatic rings. The van der Waals surface area contributed by atoms with Crippen molar-refractivity contribution in [2.75, 3.05) is 20.2 Å². The molecule has 1 rings (SSSR count). The monoisotopic (exact) mass is 242 g/mol. The first-order valence-electron chi connectivity index (χ1n) is 6.76. The van der Waals surface area contributed by atoms with Gasteiger partial charge in [0.25, 0.3) is 0 Å². The van der Waals surface area contributed by atoms with Gasteiger partial charge in [0.1, 0.15) is 0 Å². The van der Waals surface area contributed by atoms with E-state index in [0.717, 1.165) is 38.6 Å². The van der Waals surface area contributed by atoms with Crippen LogP contribution in [-0.4, -0.2) is 36.7 Å². The van der Waals surface area contributed by atoms with Gasteiger partial charge >= 0.3 is 6.09 Å². The summed E-state index contributed by atoms with van der Waals surface area (Å²) in [5, 5.41) is 0. The van der Waals surface area contributed by atoms with E-state index in [-0.39, 0.29) is 11.6 Å². The summed E-state index contributed by atoms with van der Waals surface area (Å²) >= 11 is 0. The maximum atomic E-state index is 11.9. The third-order valence-electron chi connectivity index (χ3n) is 3.83. The third-order valence-corrected chi connectivity index (χ3v) is 3.83. The number of rotatable bonds is 4. The molecule has 0 radical (unpaired) electrons. The number of methoxy groups -OCH3 is 1. The molecule has 0 unspecified atom stereocenters. The Balaban J connectivity index is 2.87. The van der Waals surface area contributed by atoms with Gasteiger partial charge < -0.3 is 15.4 Å². The quantitative estimate of drug-likeness (QED) is 0.771. The second-order valence-corrected chi connectivity index (χ2v) is 4.96. The molecule has 100 valence electrons. The first-order valence-corrected chi connectivity index (χ1v) is 6.76. The average Bonchev–Trinajstić information content (AvgIpc) is 2.61. The molecule has 0 spiro atoms. The highest BCUT2D eigenvalue weighted by Crippen LogP contribution is 2.32. The van der Waals surface area contributed by atoms with Gasteiger partial charge in [-0.25, -0.2) is 4.79 Å². The molecule has 0 aromatic carbocycles. The predicted molar refractivity (Wildman–Crippen MR) is 68.9 cm³/mol. The van der Waals surface area contributed by atoms with Crippen LogP contribution in [0.1, 0.15) is 51.9 Å². The Morgan fingerprint density at radius 3 is 2.29 bits per heavy atom. The Morgan fingerprint density at radius 1 is 1.29 bits per heavy atom. The van der Waals surface area contributed by atoms with E-state index in [9.17, 15) is 4.79 Å². The SMILES string of the molecule is CCCN(C(=O)OC)C1(CN)CCCCCC1. The lowest BCUT2D eigenvalue weighted by molar-refractivity contribution is 0.0559. The smallest absolute Gasteiger partial charge is 0.409 e. The maximum Gasteiger partial charge on any atom is 0.409 e. The van der Waals surface area contributed by atoms with E-state index in [0.29, 0.717) is 6.54 Å². The van der Waals surface area contributed by atoms with Gasteiger partial charge in [-0.3, -0.25) is 0 Å². The van der Waals surface area contributed by atoms with E-state index in [2.05, 4.69) is 6.92 Å². The van der Waals surface area contributed by atoms with Gasteiger partial charge in [-0.2, -0.15) is 0 Å². The standard InChI is InChI=1S/C13H26N2O2/c1-3-10-15(12(16)17-2)13(11-14)8-6-4-5-7-9-13/h3-11,14H2,1-2H3. The van der Waals surface area contributed by atoms with Crippen LogP contribution in [0.4, 0.5) is 4.79 Å². The molecule has 0 heterocycles. The molecular formula is C13H26N2O2. The largest absolute Gasteiger partial charge is 0.453 e. The minimum Gasteiger partial charge on any atom is -0.453 e. The molecule has 4 heteroatoms. The van der Waals surface area contributed by atoms with Gasteiger partial charge in [0.15, 0.2) is 0 Å². The number of carbonyl (C=O) groups is 1. The van der Waals surface area contributed by atoms with Gasteiger partial charge in [-0.05, 0) is 19.3 Å². The molecule has 0 saturated heterocycles. The van der Waals surface area contributed by atoms with Crippen molar-refractivity contribution in [3.63, 3.8) is 0 Å². The van der Waals surface area contributed by atoms with E-state index in [1.54, 1.807) is 0 Å². The summed E-state index contributed by atoms with van der Waals surface area (Å²) < 4.78 is 4.92. The van der Waals surface area contributed by atoms with Crippen molar-refractivity contribution in [1.29, 1.82) is 0 Å². The van der Waals surface area contributed by atoms with Crippen LogP contribution in [-0.2, 0) is 4.74 Å². The lowest BCUT2D eigenvalue weighted by Crippen LogP contribution is -2.56. The van der Waals surface area contributed by atoms with Gasteiger partial charge in [0.05, 0.1) is 12.6 Å². The van der Waals surface area contributed by atoms with E-state index >= 15 is 0 Å². The van der Waals surface area contributed by atoms with E-state index in [1.807, 2.05) is 4.90 Å². The van der Waals surface area contributed by atoms with Crippen molar-refractivity contribution in [3.8, 4) is 0 Å². The van der Waals surface area contributed by atoms with Crippen LogP contribution in [0.25, 0.3) is 0 Å². The Bertz CT molecular complexity index is 236. The Morgan fingerprint density at radius 2 is 1.88 bits per heavy atom. The number of carbonyl (C=O) groups excluding carboxylic acids is 1. The summed E-state index contributed by atoms with van der Waals surface area (Å²) in [6.07, 6.45) is 7.57. The summed E-state index contributed by atoms with van der Waals surface area (Å²) in [6, 6.07) is 0. The van der Waals surface area contributed by atoms with Crippen LogP contribution in [0.2, 0.25) is 0 Å². The molecule has 1 aliphatic carbocycles. The highest BCUT2D eigenvalue weighted by atomic mass is 16.5. The van der Waals surface area contributed by atoms with Crippen molar-refractivity contribution in [2.45, 2.75) is 57.4 Å². The van der Waals surface area contributed by atoms with Gasteiger partial charge in [0, 0.05) is 13.1 Å². The number of nitrogens with two attached hydrogens (primary N) is 1. The first-order chi connectivity index (χ1) is 8.20. The summed E-state index contributed by atoms with van der Waals surface area (Å²) in [6.45, 7) is 3.36. The van der Waals surface area contributed by atoms with E-state index < -0.39 is 0 Å². The molecule has 1 fully saturated rings. The second kappa shape index (κ2) is 6.84. The third kappa shape index (κ3) is 3.35. The van der Waals surface area contributed by atoms with Crippen LogP contribution in [0, 0.1) is 0 Å². The van der Waals surface area contributed by atoms with Crippen LogP contribution in [0.15, 0.2) is 0 Å². The number of nitrogens with zero attached hydrogens (tertiary/aromatic N) is 1. The highest BCUT2D eigenvalue weighted by Gasteiger charge is 2.38. The molecule has 0 aromatic heterocycles. The van der Waals surface area contributed by atoms with Crippen molar-refractivity contribution in [2.24, 2.45) is 5.73 Å². The summed E-state index contributed by atoms with van der Waals surface area (Å²) in [5.41, 5.74) is 5.81. The van der Waals surface area contributed by atoms with Crippen LogP contribution in [0.3, 0.4) is 0 Å². The predicted octanol–water partition coefficient (Wildman–Crippen LogP) is 2.52. The highest BCUT2D eigenvalue weighted by molar-refractivity contribution is 5.68. The van der Waals surface area contributed by atoms with Crippen LogP contribution in [0.5, 0.6) is 0 Å². The second-order valence-electron chi connectivity index (χ2n) is 4.96.